The van der Waals surface area contributed by atoms with Crippen LogP contribution in [0.25, 0.3) is 5.57 Å². The number of hydrogen-bond acceptors (Lipinski definition) is 7. The van der Waals surface area contributed by atoms with Crippen molar-refractivity contribution in [1.82, 2.24) is 9.62 Å². The maximum Gasteiger partial charge on any atom is 0.290 e. The van der Waals surface area contributed by atoms with Crippen molar-refractivity contribution in [2.75, 3.05) is 36.0 Å². The number of thioether (sulfide) groups is 1. The van der Waals surface area contributed by atoms with Gasteiger partial charge in [0.2, 0.25) is 10.0 Å². The molecular formula is C28H22Cl2N4O5S2. The summed E-state index contributed by atoms with van der Waals surface area (Å²) < 4.78 is 28.9. The van der Waals surface area contributed by atoms with Crippen molar-refractivity contribution >= 4 is 79.0 Å². The lowest BCUT2D eigenvalue weighted by Gasteiger charge is -2.35. The van der Waals surface area contributed by atoms with Crippen LogP contribution in [0, 0.1) is 0 Å². The fraction of sp³-hybridized carbons (Fsp3) is 0.179. The maximum atomic E-state index is 13.7. The lowest BCUT2D eigenvalue weighted by molar-refractivity contribution is -0.116. The van der Waals surface area contributed by atoms with Gasteiger partial charge in [-0.25, -0.2) is 8.42 Å². The lowest BCUT2D eigenvalue weighted by atomic mass is 10.1. The van der Waals surface area contributed by atoms with Crippen LogP contribution in [-0.4, -0.2) is 56.0 Å². The number of rotatable bonds is 5. The van der Waals surface area contributed by atoms with E-state index in [1.807, 2.05) is 30.3 Å². The molecule has 210 valence electrons. The molecule has 9 nitrogen and oxygen atoms in total. The second kappa shape index (κ2) is 10.8. The summed E-state index contributed by atoms with van der Waals surface area (Å²) >= 11 is 12.8. The van der Waals surface area contributed by atoms with E-state index < -0.39 is 27.1 Å². The first kappa shape index (κ1) is 27.8. The second-order valence-electron chi connectivity index (χ2n) is 9.59. The number of amides is 3. The fourth-order valence-electron chi connectivity index (χ4n) is 5.12. The molecule has 3 aromatic rings. The number of hydrogen-bond donors (Lipinski definition) is 1. The van der Waals surface area contributed by atoms with E-state index >= 15 is 0 Å². The molecule has 3 aliphatic heterocycles. The molecule has 3 aromatic carbocycles. The first-order chi connectivity index (χ1) is 19.6. The Balaban J connectivity index is 1.35. The highest BCUT2D eigenvalue weighted by Crippen LogP contribution is 2.44. The topological polar surface area (TPSA) is 107 Å². The number of para-hydroxylation sites is 1. The van der Waals surface area contributed by atoms with Crippen LogP contribution < -0.4 is 15.1 Å². The van der Waals surface area contributed by atoms with Crippen LogP contribution >= 0.6 is 35.0 Å². The summed E-state index contributed by atoms with van der Waals surface area (Å²) in [6.45, 7) is 1.72. The van der Waals surface area contributed by atoms with Gasteiger partial charge in [-0.2, -0.15) is 4.31 Å². The number of nitrogens with zero attached hydrogens (tertiary/aromatic N) is 3. The Morgan fingerprint density at radius 1 is 0.854 bits per heavy atom. The maximum absolute atomic E-state index is 13.7. The van der Waals surface area contributed by atoms with Crippen molar-refractivity contribution in [1.29, 1.82) is 0 Å². The van der Waals surface area contributed by atoms with Crippen LogP contribution in [0.3, 0.4) is 0 Å². The number of sulfonamides is 1. The minimum Gasteiger partial charge on any atom is -0.369 e. The van der Waals surface area contributed by atoms with E-state index in [9.17, 15) is 22.8 Å². The van der Waals surface area contributed by atoms with Gasteiger partial charge < -0.3 is 9.80 Å². The molecule has 3 amide bonds. The smallest absolute Gasteiger partial charge is 0.290 e. The molecule has 0 aliphatic carbocycles. The van der Waals surface area contributed by atoms with E-state index in [0.29, 0.717) is 46.1 Å². The minimum atomic E-state index is -3.92. The molecule has 3 heterocycles. The third kappa shape index (κ3) is 5.13. The molecule has 2 saturated heterocycles. The number of anilines is 2. The SMILES string of the molecule is O=C1NC(=O)/C(=C2/C(=O)N(Cc3ccc(Cl)c(Cl)c3)c3ccc(S(=O)(=O)N4CCN(c5ccccc5)CC4)cc32)S1. The number of halogens is 2. The summed E-state index contributed by atoms with van der Waals surface area (Å²) in [5, 5.41) is 2.26. The van der Waals surface area contributed by atoms with E-state index in [1.54, 1.807) is 24.3 Å². The molecule has 0 atom stereocenters. The minimum absolute atomic E-state index is 0.00132. The van der Waals surface area contributed by atoms with Gasteiger partial charge in [0.1, 0.15) is 0 Å². The highest BCUT2D eigenvalue weighted by molar-refractivity contribution is 8.18. The number of carbonyl (C=O) groups is 3. The Bertz CT molecular complexity index is 1740. The summed E-state index contributed by atoms with van der Waals surface area (Å²) in [6, 6.07) is 19.2. The van der Waals surface area contributed by atoms with Crippen LogP contribution in [0.2, 0.25) is 10.0 Å². The van der Waals surface area contributed by atoms with Crippen LogP contribution in [0.1, 0.15) is 11.1 Å². The summed E-state index contributed by atoms with van der Waals surface area (Å²) in [5.74, 6) is -1.22. The van der Waals surface area contributed by atoms with Crippen molar-refractivity contribution in [3.63, 3.8) is 0 Å². The Morgan fingerprint density at radius 3 is 2.24 bits per heavy atom. The summed E-state index contributed by atoms with van der Waals surface area (Å²) in [4.78, 5) is 41.8. The van der Waals surface area contributed by atoms with Crippen molar-refractivity contribution in [3.05, 3.63) is 92.8 Å². The summed E-state index contributed by atoms with van der Waals surface area (Å²) in [6.07, 6.45) is 0. The van der Waals surface area contributed by atoms with Crippen LogP contribution in [0.15, 0.2) is 76.5 Å². The number of fused-ring (bicyclic) bond motifs is 1. The summed E-state index contributed by atoms with van der Waals surface area (Å²) in [5.41, 5.74) is 2.38. The largest absolute Gasteiger partial charge is 0.369 e. The third-order valence-corrected chi connectivity index (χ3v) is 10.7. The first-order valence-electron chi connectivity index (χ1n) is 12.6. The number of benzene rings is 3. The second-order valence-corrected chi connectivity index (χ2v) is 13.3. The lowest BCUT2D eigenvalue weighted by Crippen LogP contribution is -2.48. The molecule has 6 rings (SSSR count). The summed E-state index contributed by atoms with van der Waals surface area (Å²) in [7, 11) is -3.92. The molecule has 0 spiro atoms. The molecule has 0 radical (unpaired) electrons. The van der Waals surface area contributed by atoms with Crippen molar-refractivity contribution in [3.8, 4) is 0 Å². The normalized spacial score (nSPS) is 19.6. The number of piperazine rings is 1. The molecule has 41 heavy (non-hydrogen) atoms. The van der Waals surface area contributed by atoms with Gasteiger partial charge in [-0.15, -0.1) is 0 Å². The molecule has 3 aliphatic rings. The molecule has 0 aromatic heterocycles. The van der Waals surface area contributed by atoms with Gasteiger partial charge >= 0.3 is 0 Å². The zero-order valence-electron chi connectivity index (χ0n) is 21.3. The van der Waals surface area contributed by atoms with Gasteiger partial charge in [-0.05, 0) is 59.8 Å². The van der Waals surface area contributed by atoms with Crippen molar-refractivity contribution in [2.24, 2.45) is 0 Å². The molecule has 13 heteroatoms. The van der Waals surface area contributed by atoms with Gasteiger partial charge in [-0.1, -0.05) is 47.5 Å². The Hall–Kier alpha value is -3.35. The van der Waals surface area contributed by atoms with E-state index in [0.717, 1.165) is 5.69 Å². The average Bonchev–Trinajstić information content (AvgIpc) is 3.44. The average molecular weight is 630 g/mol. The standard InChI is InChI=1S/C28H22Cl2N4O5S2/c29-21-8-6-17(14-22(21)30)16-34-23-9-7-19(15-20(23)24(27(34)36)25-26(35)31-28(37)40-25)41(38,39)33-12-10-32(11-13-33)18-4-2-1-3-5-18/h1-9,14-15H,10-13,16H2,(H,31,35,37)/b25-24-. The zero-order chi connectivity index (χ0) is 28.9. The van der Waals surface area contributed by atoms with Gasteiger partial charge in [0.15, 0.2) is 0 Å². The molecule has 0 saturated carbocycles. The van der Waals surface area contributed by atoms with Crippen molar-refractivity contribution < 1.29 is 22.8 Å². The molecule has 1 N–H and O–H groups in total. The Labute approximate surface area is 250 Å². The van der Waals surface area contributed by atoms with Crippen LogP contribution in [-0.2, 0) is 26.2 Å². The Kier molecular flexibility index (Phi) is 7.33. The van der Waals surface area contributed by atoms with Gasteiger partial charge in [0.25, 0.3) is 17.1 Å². The monoisotopic (exact) mass is 628 g/mol. The van der Waals surface area contributed by atoms with E-state index in [-0.39, 0.29) is 40.6 Å². The Morgan fingerprint density at radius 2 is 1.59 bits per heavy atom. The number of nitrogens with one attached hydrogen (secondary N) is 1. The van der Waals surface area contributed by atoms with Crippen molar-refractivity contribution in [2.45, 2.75) is 11.4 Å². The van der Waals surface area contributed by atoms with Gasteiger partial charge in [-0.3, -0.25) is 19.7 Å². The molecule has 0 bridgehead atoms. The third-order valence-electron chi connectivity index (χ3n) is 7.15. The highest BCUT2D eigenvalue weighted by Gasteiger charge is 2.41. The van der Waals surface area contributed by atoms with Gasteiger partial charge in [0.05, 0.1) is 37.7 Å². The quantitative estimate of drug-likeness (QED) is 0.407. The predicted octanol–water partition coefficient (Wildman–Crippen LogP) is 4.75. The van der Waals surface area contributed by atoms with Crippen LogP contribution in [0.4, 0.5) is 16.2 Å². The fourth-order valence-corrected chi connectivity index (χ4v) is 7.66. The van der Waals surface area contributed by atoms with Gasteiger partial charge in [0, 0.05) is 37.4 Å². The first-order valence-corrected chi connectivity index (χ1v) is 15.6. The number of carbonyl (C=O) groups excluding carboxylic acids is 3. The number of imide groups is 1. The molecule has 2 fully saturated rings. The van der Waals surface area contributed by atoms with Crippen LogP contribution in [0.5, 0.6) is 0 Å². The molecule has 0 unspecified atom stereocenters. The van der Waals surface area contributed by atoms with E-state index in [2.05, 4.69) is 10.2 Å². The zero-order valence-corrected chi connectivity index (χ0v) is 24.5. The van der Waals surface area contributed by atoms with E-state index in [4.69, 9.17) is 23.2 Å². The molecular weight excluding hydrogens is 607 g/mol. The predicted molar refractivity (Wildman–Crippen MR) is 160 cm³/mol. The highest BCUT2D eigenvalue weighted by atomic mass is 35.5. The van der Waals surface area contributed by atoms with E-state index in [1.165, 1.54) is 21.3 Å².